The van der Waals surface area contributed by atoms with Crippen LogP contribution in [0.4, 0.5) is 0 Å². The van der Waals surface area contributed by atoms with Gasteiger partial charge >= 0.3 is 47.8 Å². The normalized spacial score (nSPS) is 9.52. The molecule has 3 heterocycles. The lowest BCUT2D eigenvalue weighted by Gasteiger charge is -2.07. The van der Waals surface area contributed by atoms with Crippen LogP contribution in [-0.2, 0) is 0 Å². The summed E-state index contributed by atoms with van der Waals surface area (Å²) in [6.45, 7) is 0. The van der Waals surface area contributed by atoms with Crippen LogP contribution in [-0.4, -0.2) is 104 Å². The zero-order chi connectivity index (χ0) is 32.3. The Morgan fingerprint density at radius 2 is 0.714 bits per heavy atom. The number of rotatable bonds is 8. The molecule has 0 radical (unpaired) electrons. The van der Waals surface area contributed by atoms with Crippen molar-refractivity contribution in [3.8, 4) is 0 Å². The number of hydrogen-bond acceptors (Lipinski definition) is 11. The minimum atomic E-state index is -1.89. The summed E-state index contributed by atoms with van der Waals surface area (Å²) in [6, 6.07) is 5.72. The van der Waals surface area contributed by atoms with Gasteiger partial charge in [0.2, 0.25) is 0 Å². The standard InChI is InChI=1S/2C9H5NO8.C5H5N/c2*11-6(12)2-1-10-5(9(17)18)4(8(15)16)3(2)7(13)14;1-2-4-6-5-3-1/h2*1H,(H,11,12)(H,13,14)(H,15,16)(H,17,18);1-5H. The van der Waals surface area contributed by atoms with E-state index >= 15 is 0 Å². The summed E-state index contributed by atoms with van der Waals surface area (Å²) in [7, 11) is 0. The molecule has 0 bridgehead atoms. The minimum Gasteiger partial charge on any atom is -0.478 e. The van der Waals surface area contributed by atoms with Crippen LogP contribution in [0, 0.1) is 0 Å². The number of hydrogen-bond donors (Lipinski definition) is 8. The monoisotopic (exact) mass is 589 g/mol. The van der Waals surface area contributed by atoms with Crippen LogP contribution in [0.15, 0.2) is 43.0 Å². The third-order valence-electron chi connectivity index (χ3n) is 4.45. The van der Waals surface area contributed by atoms with Crippen LogP contribution in [0.1, 0.15) is 83.1 Å². The van der Waals surface area contributed by atoms with Crippen LogP contribution < -0.4 is 0 Å². The zero-order valence-corrected chi connectivity index (χ0v) is 20.2. The fourth-order valence-corrected chi connectivity index (χ4v) is 2.84. The Bertz CT molecular complexity index is 1370. The lowest BCUT2D eigenvalue weighted by molar-refractivity contribution is 0.0615. The zero-order valence-electron chi connectivity index (χ0n) is 20.2. The van der Waals surface area contributed by atoms with Crippen molar-refractivity contribution in [2.75, 3.05) is 0 Å². The molecule has 3 aromatic heterocycles. The highest BCUT2D eigenvalue weighted by atomic mass is 16.4. The van der Waals surface area contributed by atoms with Gasteiger partial charge in [-0.25, -0.2) is 48.3 Å². The van der Waals surface area contributed by atoms with Gasteiger partial charge in [-0.15, -0.1) is 0 Å². The van der Waals surface area contributed by atoms with Crippen molar-refractivity contribution in [1.29, 1.82) is 0 Å². The van der Waals surface area contributed by atoms with Crippen LogP contribution in [0.5, 0.6) is 0 Å². The maximum atomic E-state index is 10.9. The molecule has 0 aliphatic heterocycles. The molecule has 3 rings (SSSR count). The first-order valence-corrected chi connectivity index (χ1v) is 10.3. The van der Waals surface area contributed by atoms with Gasteiger partial charge in [-0.1, -0.05) is 6.07 Å². The Kier molecular flexibility index (Phi) is 11.4. The minimum absolute atomic E-state index is 0.488. The van der Waals surface area contributed by atoms with E-state index < -0.39 is 92.5 Å². The Morgan fingerprint density at radius 3 is 0.881 bits per heavy atom. The lowest BCUT2D eigenvalue weighted by Crippen LogP contribution is -2.20. The fraction of sp³-hybridized carbons (Fsp3) is 0. The van der Waals surface area contributed by atoms with Crippen molar-refractivity contribution in [2.45, 2.75) is 0 Å². The Morgan fingerprint density at radius 1 is 0.405 bits per heavy atom. The third-order valence-corrected chi connectivity index (χ3v) is 4.45. The lowest BCUT2D eigenvalue weighted by atomic mass is 10.0. The van der Waals surface area contributed by atoms with E-state index in [2.05, 4.69) is 15.0 Å². The number of carboxylic acids is 8. The molecule has 0 fully saturated rings. The highest BCUT2D eigenvalue weighted by Crippen LogP contribution is 2.19. The van der Waals surface area contributed by atoms with Crippen molar-refractivity contribution >= 4 is 47.8 Å². The van der Waals surface area contributed by atoms with Gasteiger partial charge in [-0.3, -0.25) is 4.98 Å². The molecule has 0 atom stereocenters. The summed E-state index contributed by atoms with van der Waals surface area (Å²) < 4.78 is 0. The highest BCUT2D eigenvalue weighted by Gasteiger charge is 2.31. The van der Waals surface area contributed by atoms with Crippen molar-refractivity contribution in [1.82, 2.24) is 15.0 Å². The van der Waals surface area contributed by atoms with Crippen LogP contribution in [0.25, 0.3) is 0 Å². The predicted molar refractivity (Wildman–Crippen MR) is 128 cm³/mol. The van der Waals surface area contributed by atoms with E-state index in [9.17, 15) is 38.4 Å². The maximum absolute atomic E-state index is 10.9. The summed E-state index contributed by atoms with van der Waals surface area (Å²) >= 11 is 0. The van der Waals surface area contributed by atoms with Crippen molar-refractivity contribution in [3.05, 3.63) is 87.8 Å². The molecule has 19 heteroatoms. The van der Waals surface area contributed by atoms with E-state index in [1.54, 1.807) is 12.4 Å². The number of pyridine rings is 3. The molecule has 0 saturated carbocycles. The number of carboxylic acid groups (broad SMARTS) is 8. The molecule has 0 saturated heterocycles. The predicted octanol–water partition coefficient (Wildman–Crippen LogP) is 0.830. The highest BCUT2D eigenvalue weighted by molar-refractivity contribution is 6.13. The molecule has 0 aromatic carbocycles. The van der Waals surface area contributed by atoms with E-state index in [0.29, 0.717) is 12.4 Å². The summed E-state index contributed by atoms with van der Waals surface area (Å²) in [5, 5.41) is 70.0. The quantitative estimate of drug-likeness (QED) is 0.180. The molecule has 8 N–H and O–H groups in total. The van der Waals surface area contributed by atoms with Gasteiger partial charge in [0.15, 0.2) is 11.4 Å². The van der Waals surface area contributed by atoms with Gasteiger partial charge in [0, 0.05) is 24.8 Å². The molecule has 218 valence electrons. The second-order valence-electron chi connectivity index (χ2n) is 7.01. The van der Waals surface area contributed by atoms with E-state index in [1.807, 2.05) is 18.2 Å². The Hall–Kier alpha value is -6.79. The fourth-order valence-electron chi connectivity index (χ4n) is 2.84. The average molecular weight is 589 g/mol. The summed E-state index contributed by atoms with van der Waals surface area (Å²) in [5.74, 6) is -14.5. The maximum Gasteiger partial charge on any atom is 0.355 e. The largest absolute Gasteiger partial charge is 0.478 e. The number of carbonyl (C=O) groups is 8. The number of aromatic carboxylic acids is 8. The molecular formula is C23H15N3O16. The molecule has 0 unspecified atom stereocenters. The SMILES string of the molecule is O=C(O)c1cnc(C(=O)O)c(C(=O)O)c1C(=O)O.O=C(O)c1cnc(C(=O)O)c(C(=O)O)c1C(=O)O.c1ccncc1. The molecule has 0 aliphatic carbocycles. The molecule has 19 nitrogen and oxygen atoms in total. The van der Waals surface area contributed by atoms with Gasteiger partial charge in [0.05, 0.1) is 22.3 Å². The van der Waals surface area contributed by atoms with E-state index in [-0.39, 0.29) is 0 Å². The van der Waals surface area contributed by atoms with Crippen molar-refractivity contribution < 1.29 is 79.2 Å². The van der Waals surface area contributed by atoms with E-state index in [0.717, 1.165) is 0 Å². The summed E-state index contributed by atoms with van der Waals surface area (Å²) in [5.41, 5.74) is -8.46. The van der Waals surface area contributed by atoms with E-state index in [4.69, 9.17) is 40.9 Å². The van der Waals surface area contributed by atoms with Crippen LogP contribution in [0.2, 0.25) is 0 Å². The van der Waals surface area contributed by atoms with Gasteiger partial charge < -0.3 is 40.9 Å². The molecule has 0 aliphatic rings. The Balaban J connectivity index is 0.000000350. The molecule has 0 amide bonds. The first-order chi connectivity index (χ1) is 19.5. The topological polar surface area (TPSA) is 337 Å². The summed E-state index contributed by atoms with van der Waals surface area (Å²) in [4.78, 5) is 96.5. The number of nitrogens with zero attached hydrogens (tertiary/aromatic N) is 3. The number of aromatic nitrogens is 3. The van der Waals surface area contributed by atoms with Gasteiger partial charge in [0.1, 0.15) is 11.1 Å². The molecule has 0 spiro atoms. The molecular weight excluding hydrogens is 574 g/mol. The molecule has 42 heavy (non-hydrogen) atoms. The first kappa shape index (κ1) is 33.2. The van der Waals surface area contributed by atoms with Crippen molar-refractivity contribution in [3.63, 3.8) is 0 Å². The smallest absolute Gasteiger partial charge is 0.355 e. The average Bonchev–Trinajstić information content (AvgIpc) is 2.92. The molecule has 3 aromatic rings. The van der Waals surface area contributed by atoms with E-state index in [1.165, 1.54) is 0 Å². The second kappa shape index (κ2) is 14.4. The van der Waals surface area contributed by atoms with Crippen LogP contribution in [0.3, 0.4) is 0 Å². The van der Waals surface area contributed by atoms with Gasteiger partial charge in [-0.2, -0.15) is 0 Å². The van der Waals surface area contributed by atoms with Gasteiger partial charge in [-0.05, 0) is 12.1 Å². The van der Waals surface area contributed by atoms with Crippen molar-refractivity contribution in [2.24, 2.45) is 0 Å². The summed E-state index contributed by atoms with van der Waals surface area (Å²) in [6.07, 6.45) is 4.48. The first-order valence-electron chi connectivity index (χ1n) is 10.3. The van der Waals surface area contributed by atoms with Gasteiger partial charge in [0.25, 0.3) is 0 Å². The Labute approximate surface area is 230 Å². The third kappa shape index (κ3) is 8.10. The second-order valence-corrected chi connectivity index (χ2v) is 7.01. The van der Waals surface area contributed by atoms with Crippen LogP contribution >= 0.6 is 0 Å².